The standard InChI is InChI=1S/C23H19F2N5O5/c24-23(25)9-17(20(32)33)30(11-23)19(31)18-26-21(29-28-18)27-22(34)35-10-16-14-7-3-1-5-12(14)13-6-2-4-8-15(13)16/h1-8,16-17H,9-11H2,(H,32,33)(H2,26,27,28,29,34). The highest BCUT2D eigenvalue weighted by atomic mass is 19.3. The molecule has 2 amide bonds. The molecule has 1 fully saturated rings. The summed E-state index contributed by atoms with van der Waals surface area (Å²) in [6, 6.07) is 14.0. The highest BCUT2D eigenvalue weighted by Gasteiger charge is 2.50. The summed E-state index contributed by atoms with van der Waals surface area (Å²) in [7, 11) is 0. The first kappa shape index (κ1) is 22.4. The van der Waals surface area contributed by atoms with Gasteiger partial charge in [-0.2, -0.15) is 4.98 Å². The van der Waals surface area contributed by atoms with Crippen LogP contribution >= 0.6 is 0 Å². The van der Waals surface area contributed by atoms with Crippen molar-refractivity contribution in [2.75, 3.05) is 18.5 Å². The van der Waals surface area contributed by atoms with Gasteiger partial charge in [0.05, 0.1) is 6.54 Å². The van der Waals surface area contributed by atoms with Gasteiger partial charge in [-0.3, -0.25) is 15.2 Å². The minimum atomic E-state index is -3.33. The number of hydrogen-bond donors (Lipinski definition) is 3. The Kier molecular flexibility index (Phi) is 5.42. The Bertz CT molecular complexity index is 1280. The van der Waals surface area contributed by atoms with E-state index in [1.807, 2.05) is 48.5 Å². The van der Waals surface area contributed by atoms with Crippen molar-refractivity contribution in [2.24, 2.45) is 0 Å². The molecule has 35 heavy (non-hydrogen) atoms. The fraction of sp³-hybridized carbons (Fsp3) is 0.261. The Labute approximate surface area is 196 Å². The van der Waals surface area contributed by atoms with Gasteiger partial charge < -0.3 is 14.7 Å². The Balaban J connectivity index is 1.23. The number of amides is 2. The fourth-order valence-corrected chi connectivity index (χ4v) is 4.53. The minimum absolute atomic E-state index is 0.0409. The first-order valence-electron chi connectivity index (χ1n) is 10.7. The fourth-order valence-electron chi connectivity index (χ4n) is 4.53. The van der Waals surface area contributed by atoms with Gasteiger partial charge in [-0.25, -0.2) is 18.4 Å². The number of carboxylic acid groups (broad SMARTS) is 1. The lowest BCUT2D eigenvalue weighted by atomic mass is 9.98. The van der Waals surface area contributed by atoms with Crippen LogP contribution in [0.5, 0.6) is 0 Å². The van der Waals surface area contributed by atoms with E-state index in [0.29, 0.717) is 4.90 Å². The van der Waals surface area contributed by atoms with E-state index in [1.165, 1.54) is 0 Å². The summed E-state index contributed by atoms with van der Waals surface area (Å²) in [5, 5.41) is 17.4. The number of aliphatic carboxylic acids is 1. The van der Waals surface area contributed by atoms with Crippen molar-refractivity contribution in [2.45, 2.75) is 24.3 Å². The SMILES string of the molecule is O=C(Nc1n[nH]c(C(=O)N2CC(F)(F)CC2C(=O)O)n1)OCC1c2ccccc2-c2ccccc21. The Morgan fingerprint density at radius 2 is 1.74 bits per heavy atom. The Hall–Kier alpha value is -4.35. The lowest BCUT2D eigenvalue weighted by Gasteiger charge is -2.18. The van der Waals surface area contributed by atoms with Gasteiger partial charge in [0.25, 0.3) is 17.8 Å². The zero-order valence-electron chi connectivity index (χ0n) is 18.1. The van der Waals surface area contributed by atoms with E-state index in [-0.39, 0.29) is 18.5 Å². The van der Waals surface area contributed by atoms with Crippen LogP contribution in [0.1, 0.15) is 34.1 Å². The average molecular weight is 483 g/mol. The predicted octanol–water partition coefficient (Wildman–Crippen LogP) is 3.10. The second-order valence-electron chi connectivity index (χ2n) is 8.31. The lowest BCUT2D eigenvalue weighted by molar-refractivity contribution is -0.141. The number of carbonyl (C=O) groups is 3. The van der Waals surface area contributed by atoms with Crippen LogP contribution in [-0.2, 0) is 9.53 Å². The van der Waals surface area contributed by atoms with Gasteiger partial charge in [-0.15, -0.1) is 5.10 Å². The molecule has 0 saturated carbocycles. The third kappa shape index (κ3) is 4.18. The first-order valence-corrected chi connectivity index (χ1v) is 10.7. The van der Waals surface area contributed by atoms with E-state index in [1.54, 1.807) is 0 Å². The number of likely N-dealkylation sites (tertiary alicyclic amines) is 1. The minimum Gasteiger partial charge on any atom is -0.480 e. The van der Waals surface area contributed by atoms with Crippen LogP contribution in [0.15, 0.2) is 48.5 Å². The molecule has 180 valence electrons. The smallest absolute Gasteiger partial charge is 0.414 e. The average Bonchev–Trinajstić information content (AvgIpc) is 3.51. The summed E-state index contributed by atoms with van der Waals surface area (Å²) < 4.78 is 32.7. The number of benzene rings is 2. The number of alkyl halides is 2. The van der Waals surface area contributed by atoms with Crippen molar-refractivity contribution in [3.8, 4) is 11.1 Å². The molecule has 0 radical (unpaired) electrons. The summed E-state index contributed by atoms with van der Waals surface area (Å²) >= 11 is 0. The van der Waals surface area contributed by atoms with E-state index >= 15 is 0 Å². The highest BCUT2D eigenvalue weighted by molar-refractivity contribution is 5.94. The third-order valence-electron chi connectivity index (χ3n) is 6.06. The molecular weight excluding hydrogens is 464 g/mol. The van der Waals surface area contributed by atoms with Crippen molar-refractivity contribution < 1.29 is 33.0 Å². The van der Waals surface area contributed by atoms with Crippen LogP contribution < -0.4 is 5.32 Å². The molecule has 3 aromatic rings. The first-order chi connectivity index (χ1) is 16.7. The summed E-state index contributed by atoms with van der Waals surface area (Å²) in [5.74, 6) is -6.91. The zero-order valence-corrected chi connectivity index (χ0v) is 18.1. The third-order valence-corrected chi connectivity index (χ3v) is 6.06. The molecule has 10 nitrogen and oxygen atoms in total. The number of carbonyl (C=O) groups excluding carboxylic acids is 2. The summed E-state index contributed by atoms with van der Waals surface area (Å²) in [5.41, 5.74) is 4.20. The molecule has 1 unspecified atom stereocenters. The molecule has 2 aliphatic rings. The summed E-state index contributed by atoms with van der Waals surface area (Å²) in [6.45, 7) is -1.02. The maximum absolute atomic E-state index is 13.7. The van der Waals surface area contributed by atoms with Gasteiger partial charge in [0, 0.05) is 12.3 Å². The van der Waals surface area contributed by atoms with Gasteiger partial charge in [-0.05, 0) is 22.3 Å². The molecule has 1 atom stereocenters. The molecule has 2 heterocycles. The molecule has 1 saturated heterocycles. The number of hydrogen-bond acceptors (Lipinski definition) is 6. The van der Waals surface area contributed by atoms with Crippen LogP contribution in [0.3, 0.4) is 0 Å². The predicted molar refractivity (Wildman–Crippen MR) is 117 cm³/mol. The number of rotatable bonds is 5. The maximum atomic E-state index is 13.7. The molecule has 2 aromatic carbocycles. The van der Waals surface area contributed by atoms with Crippen LogP contribution in [0, 0.1) is 0 Å². The molecule has 1 aromatic heterocycles. The second kappa shape index (κ2) is 8.46. The summed E-state index contributed by atoms with van der Waals surface area (Å²) in [4.78, 5) is 40.5. The maximum Gasteiger partial charge on any atom is 0.414 e. The molecule has 3 N–H and O–H groups in total. The number of aromatic amines is 1. The van der Waals surface area contributed by atoms with Crippen molar-refractivity contribution in [3.05, 3.63) is 65.5 Å². The topological polar surface area (TPSA) is 138 Å². The van der Waals surface area contributed by atoms with E-state index in [9.17, 15) is 23.2 Å². The van der Waals surface area contributed by atoms with Gasteiger partial charge in [-0.1, -0.05) is 48.5 Å². The van der Waals surface area contributed by atoms with E-state index < -0.39 is 48.7 Å². The van der Waals surface area contributed by atoms with Crippen LogP contribution in [0.25, 0.3) is 11.1 Å². The number of anilines is 1. The van der Waals surface area contributed by atoms with Gasteiger partial charge in [0.2, 0.25) is 5.82 Å². The second-order valence-corrected chi connectivity index (χ2v) is 8.31. The van der Waals surface area contributed by atoms with Crippen LogP contribution in [0.4, 0.5) is 19.5 Å². The number of ether oxygens (including phenoxy) is 1. The molecular formula is C23H19F2N5O5. The highest BCUT2D eigenvalue weighted by Crippen LogP contribution is 2.44. The lowest BCUT2D eigenvalue weighted by Crippen LogP contribution is -2.41. The zero-order chi connectivity index (χ0) is 24.7. The summed E-state index contributed by atoms with van der Waals surface area (Å²) in [6.07, 6.45) is -1.87. The Morgan fingerprint density at radius 3 is 2.37 bits per heavy atom. The van der Waals surface area contributed by atoms with E-state index in [0.717, 1.165) is 22.3 Å². The molecule has 0 bridgehead atoms. The number of nitrogens with one attached hydrogen (secondary N) is 2. The molecule has 0 spiro atoms. The van der Waals surface area contributed by atoms with Crippen molar-refractivity contribution >= 4 is 23.9 Å². The van der Waals surface area contributed by atoms with Gasteiger partial charge >= 0.3 is 12.1 Å². The number of carboxylic acids is 1. The van der Waals surface area contributed by atoms with E-state index in [2.05, 4.69) is 20.5 Å². The van der Waals surface area contributed by atoms with Gasteiger partial charge in [0.1, 0.15) is 12.6 Å². The van der Waals surface area contributed by atoms with E-state index in [4.69, 9.17) is 9.84 Å². The van der Waals surface area contributed by atoms with Crippen LogP contribution in [0.2, 0.25) is 0 Å². The van der Waals surface area contributed by atoms with Gasteiger partial charge in [0.15, 0.2) is 0 Å². The molecule has 5 rings (SSSR count). The normalized spacial score (nSPS) is 18.1. The number of halogens is 2. The number of fused-ring (bicyclic) bond motifs is 3. The Morgan fingerprint density at radius 1 is 1.11 bits per heavy atom. The number of nitrogens with zero attached hydrogens (tertiary/aromatic N) is 3. The molecule has 1 aliphatic carbocycles. The monoisotopic (exact) mass is 483 g/mol. The van der Waals surface area contributed by atoms with Crippen molar-refractivity contribution in [1.29, 1.82) is 0 Å². The van der Waals surface area contributed by atoms with Crippen molar-refractivity contribution in [3.63, 3.8) is 0 Å². The van der Waals surface area contributed by atoms with Crippen LogP contribution in [-0.4, -0.2) is 68.3 Å². The molecule has 1 aliphatic heterocycles. The number of aromatic nitrogens is 3. The largest absolute Gasteiger partial charge is 0.480 e. The quantitative estimate of drug-likeness (QED) is 0.507. The number of H-pyrrole nitrogens is 1. The molecule has 12 heteroatoms. The van der Waals surface area contributed by atoms with Crippen molar-refractivity contribution in [1.82, 2.24) is 20.1 Å².